The number of ether oxygens (including phenoxy) is 1. The van der Waals surface area contributed by atoms with Crippen LogP contribution in [0.3, 0.4) is 0 Å². The summed E-state index contributed by atoms with van der Waals surface area (Å²) in [5.74, 6) is -10.4. The molecule has 2 aromatic heterocycles. The molecule has 2 saturated heterocycles. The molecule has 25 heteroatoms. The van der Waals surface area contributed by atoms with Crippen LogP contribution in [0.25, 0.3) is 0 Å². The molecule has 2 atom stereocenters. The Labute approximate surface area is 296 Å². The number of carboxylic acids is 4. The second-order valence-corrected chi connectivity index (χ2v) is 11.2. The molecular weight excluding hydrogens is 776 g/mol. The Kier molecular flexibility index (Phi) is 19.3. The number of halogens is 12. The first-order valence-corrected chi connectivity index (χ1v) is 14.5. The van der Waals surface area contributed by atoms with Gasteiger partial charge in [-0.1, -0.05) is 6.07 Å². The van der Waals surface area contributed by atoms with Crippen LogP contribution in [0, 0.1) is 11.3 Å². The molecule has 0 aliphatic carbocycles. The molecule has 0 bridgehead atoms. The van der Waals surface area contributed by atoms with Gasteiger partial charge >= 0.3 is 48.6 Å². The normalized spacial score (nSPS) is 18.7. The van der Waals surface area contributed by atoms with Crippen LogP contribution in [-0.4, -0.2) is 129 Å². The van der Waals surface area contributed by atoms with Gasteiger partial charge in [-0.25, -0.2) is 19.2 Å². The van der Waals surface area contributed by atoms with Crippen LogP contribution in [0.2, 0.25) is 0 Å². The van der Waals surface area contributed by atoms with Crippen LogP contribution < -0.4 is 0 Å². The molecule has 2 aliphatic heterocycles. The van der Waals surface area contributed by atoms with Crippen molar-refractivity contribution in [3.05, 3.63) is 60.2 Å². The standard InChI is InChI=1S/C21H28N4O.4C2HF3O2/c1-24-13-20(15-26-14-19-3-2-7-23-11-19)21(16-24)6-10-25(17-21)12-18-4-8-22-9-5-18;4*3-2(4,5)1(6)7/h2-5,7-9,11,20H,6,10,12-17H2,1H3;4*(H,6,7)/t20-,21+;;;;/m0..../s1. The van der Waals surface area contributed by atoms with Gasteiger partial charge in [0.2, 0.25) is 0 Å². The first-order valence-electron chi connectivity index (χ1n) is 14.5. The van der Waals surface area contributed by atoms with E-state index < -0.39 is 48.6 Å². The average molecular weight is 809 g/mol. The number of nitrogens with zero attached hydrogens (tertiary/aromatic N) is 4. The van der Waals surface area contributed by atoms with Crippen molar-refractivity contribution in [1.82, 2.24) is 19.8 Å². The predicted octanol–water partition coefficient (Wildman–Crippen LogP) is 4.98. The van der Waals surface area contributed by atoms with E-state index >= 15 is 0 Å². The Balaban J connectivity index is 0.000000820. The molecule has 2 aliphatic rings. The number of carboxylic acid groups (broad SMARTS) is 4. The van der Waals surface area contributed by atoms with Crippen LogP contribution in [0.5, 0.6) is 0 Å². The zero-order valence-electron chi connectivity index (χ0n) is 27.5. The van der Waals surface area contributed by atoms with E-state index in [1.54, 1.807) is 6.20 Å². The number of carbonyl (C=O) groups is 4. The van der Waals surface area contributed by atoms with E-state index in [-0.39, 0.29) is 0 Å². The maximum Gasteiger partial charge on any atom is 0.490 e. The maximum absolute atomic E-state index is 10.6. The van der Waals surface area contributed by atoms with Gasteiger partial charge in [-0.2, -0.15) is 52.7 Å². The molecule has 4 N–H and O–H groups in total. The maximum atomic E-state index is 10.6. The molecule has 0 radical (unpaired) electrons. The van der Waals surface area contributed by atoms with Gasteiger partial charge < -0.3 is 30.1 Å². The predicted molar refractivity (Wildman–Crippen MR) is 156 cm³/mol. The number of aromatic nitrogens is 2. The molecule has 4 rings (SSSR count). The van der Waals surface area contributed by atoms with E-state index in [4.69, 9.17) is 44.3 Å². The Morgan fingerprint density at radius 1 is 0.722 bits per heavy atom. The Morgan fingerprint density at radius 2 is 1.17 bits per heavy atom. The van der Waals surface area contributed by atoms with Crippen molar-refractivity contribution in [2.45, 2.75) is 44.3 Å². The minimum Gasteiger partial charge on any atom is -0.475 e. The zero-order chi connectivity index (χ0) is 42.1. The molecule has 4 heterocycles. The molecular formula is C29H32F12N4O9. The third-order valence-electron chi connectivity index (χ3n) is 6.88. The summed E-state index contributed by atoms with van der Waals surface area (Å²) in [4.78, 5) is 49.0. The highest BCUT2D eigenvalue weighted by Gasteiger charge is 2.49. The van der Waals surface area contributed by atoms with Gasteiger partial charge in [-0.3, -0.25) is 14.9 Å². The molecule has 0 amide bonds. The number of hydrogen-bond donors (Lipinski definition) is 4. The van der Waals surface area contributed by atoms with E-state index in [2.05, 4.69) is 45.0 Å². The van der Waals surface area contributed by atoms with Crippen molar-refractivity contribution in [3.63, 3.8) is 0 Å². The van der Waals surface area contributed by atoms with Crippen LogP contribution in [0.1, 0.15) is 17.5 Å². The van der Waals surface area contributed by atoms with Gasteiger partial charge in [0.25, 0.3) is 0 Å². The number of alkyl halides is 12. The zero-order valence-corrected chi connectivity index (χ0v) is 27.5. The van der Waals surface area contributed by atoms with Gasteiger partial charge in [-0.15, -0.1) is 0 Å². The van der Waals surface area contributed by atoms with Gasteiger partial charge in [0.15, 0.2) is 0 Å². The van der Waals surface area contributed by atoms with Crippen molar-refractivity contribution in [2.24, 2.45) is 11.3 Å². The lowest BCUT2D eigenvalue weighted by Crippen LogP contribution is -2.36. The third kappa shape index (κ3) is 19.9. The van der Waals surface area contributed by atoms with Gasteiger partial charge in [-0.05, 0) is 49.3 Å². The molecule has 1 spiro atoms. The second kappa shape index (κ2) is 21.2. The van der Waals surface area contributed by atoms with Crippen molar-refractivity contribution < 1.29 is 97.0 Å². The summed E-state index contributed by atoms with van der Waals surface area (Å²) in [6.07, 6.45) is -11.6. The lowest BCUT2D eigenvalue weighted by molar-refractivity contribution is -0.193. The summed E-state index contributed by atoms with van der Waals surface area (Å²) in [5.41, 5.74) is 2.88. The Bertz CT molecular complexity index is 1370. The van der Waals surface area contributed by atoms with Crippen LogP contribution in [-0.2, 0) is 37.1 Å². The lowest BCUT2D eigenvalue weighted by Gasteiger charge is -2.30. The SMILES string of the molecule is CN1C[C@@H](COCc2cccnc2)[C@]2(CCN(Cc3ccncc3)C2)C1.O=C(O)C(F)(F)F.O=C(O)C(F)(F)F.O=C(O)C(F)(F)F.O=C(O)C(F)(F)F. The molecule has 306 valence electrons. The molecule has 0 saturated carbocycles. The minimum atomic E-state index is -5.08. The molecule has 54 heavy (non-hydrogen) atoms. The molecule has 0 aromatic carbocycles. The third-order valence-corrected chi connectivity index (χ3v) is 6.88. The minimum absolute atomic E-state index is 0.372. The molecule has 13 nitrogen and oxygen atoms in total. The molecule has 2 fully saturated rings. The monoisotopic (exact) mass is 808 g/mol. The summed E-state index contributed by atoms with van der Waals surface area (Å²) in [7, 11) is 2.24. The topological polar surface area (TPSA) is 191 Å². The van der Waals surface area contributed by atoms with Gasteiger partial charge in [0, 0.05) is 62.3 Å². The summed E-state index contributed by atoms with van der Waals surface area (Å²) in [6, 6.07) is 8.30. The van der Waals surface area contributed by atoms with E-state index in [1.165, 1.54) is 31.6 Å². The van der Waals surface area contributed by atoms with E-state index in [1.807, 2.05) is 24.7 Å². The van der Waals surface area contributed by atoms with Gasteiger partial charge in [0.1, 0.15) is 0 Å². The van der Waals surface area contributed by atoms with Crippen molar-refractivity contribution in [2.75, 3.05) is 39.8 Å². The van der Waals surface area contributed by atoms with Crippen LogP contribution >= 0.6 is 0 Å². The first-order chi connectivity index (χ1) is 24.5. The summed E-state index contributed by atoms with van der Waals surface area (Å²) in [6.45, 7) is 7.18. The summed E-state index contributed by atoms with van der Waals surface area (Å²) < 4.78 is 133. The van der Waals surface area contributed by atoms with Crippen molar-refractivity contribution in [1.29, 1.82) is 0 Å². The van der Waals surface area contributed by atoms with E-state index in [9.17, 15) is 52.7 Å². The fourth-order valence-corrected chi connectivity index (χ4v) is 4.66. The van der Waals surface area contributed by atoms with Gasteiger partial charge in [0.05, 0.1) is 13.2 Å². The molecule has 2 aromatic rings. The lowest BCUT2D eigenvalue weighted by atomic mass is 9.77. The average Bonchev–Trinajstić information content (AvgIpc) is 3.58. The van der Waals surface area contributed by atoms with Crippen LogP contribution in [0.15, 0.2) is 49.1 Å². The van der Waals surface area contributed by atoms with Crippen LogP contribution in [0.4, 0.5) is 52.7 Å². The summed E-state index contributed by atoms with van der Waals surface area (Å²) in [5, 5.41) is 28.5. The number of aliphatic carboxylic acids is 4. The quantitative estimate of drug-likeness (QED) is 0.286. The number of pyridine rings is 2. The Hall–Kier alpha value is -4.78. The largest absolute Gasteiger partial charge is 0.490 e. The fraction of sp³-hybridized carbons (Fsp3) is 0.517. The first kappa shape index (κ1) is 49.2. The van der Waals surface area contributed by atoms with Crippen molar-refractivity contribution >= 4 is 23.9 Å². The van der Waals surface area contributed by atoms with Crippen molar-refractivity contribution in [3.8, 4) is 0 Å². The highest BCUT2D eigenvalue weighted by atomic mass is 19.4. The highest BCUT2D eigenvalue weighted by molar-refractivity contribution is 5.74. The Morgan fingerprint density at radius 3 is 1.56 bits per heavy atom. The number of hydrogen-bond acceptors (Lipinski definition) is 9. The highest BCUT2D eigenvalue weighted by Crippen LogP contribution is 2.44. The summed E-state index contributed by atoms with van der Waals surface area (Å²) >= 11 is 0. The van der Waals surface area contributed by atoms with E-state index in [0.29, 0.717) is 17.9 Å². The van der Waals surface area contributed by atoms with E-state index in [0.717, 1.165) is 25.3 Å². The molecule has 0 unspecified atom stereocenters. The number of rotatable bonds is 6. The smallest absolute Gasteiger partial charge is 0.475 e. The number of likely N-dealkylation sites (tertiary alicyclic amines) is 2. The fourth-order valence-electron chi connectivity index (χ4n) is 4.66. The second-order valence-electron chi connectivity index (χ2n) is 11.2.